The highest BCUT2D eigenvalue weighted by molar-refractivity contribution is 9.11. The average molecular weight is 552 g/mol. The van der Waals surface area contributed by atoms with E-state index in [0.717, 1.165) is 15.7 Å². The topological polar surface area (TPSA) is 93.7 Å². The van der Waals surface area contributed by atoms with E-state index in [1.165, 1.54) is 5.57 Å². The van der Waals surface area contributed by atoms with Crippen molar-refractivity contribution in [3.8, 4) is 0 Å². The Kier molecular flexibility index (Phi) is 6.99. The summed E-state index contributed by atoms with van der Waals surface area (Å²) in [6.45, 7) is 7.40. The Morgan fingerprint density at radius 2 is 1.94 bits per heavy atom. The number of amides is 1. The average Bonchev–Trinajstić information content (AvgIpc) is 3.09. The van der Waals surface area contributed by atoms with Gasteiger partial charge in [-0.1, -0.05) is 51.9 Å². The van der Waals surface area contributed by atoms with Gasteiger partial charge in [-0.05, 0) is 64.2 Å². The number of rotatable bonds is 5. The number of nitrogens with one attached hydrogen (secondary N) is 2. The molecule has 2 N–H and O–H groups in total. The lowest BCUT2D eigenvalue weighted by atomic mass is 9.79. The van der Waals surface area contributed by atoms with Gasteiger partial charge >= 0.3 is 6.09 Å². The second kappa shape index (κ2) is 9.51. The zero-order valence-corrected chi connectivity index (χ0v) is 22.2. The highest BCUT2D eigenvalue weighted by atomic mass is 79.9. The van der Waals surface area contributed by atoms with Crippen LogP contribution in [0.2, 0.25) is 0 Å². The van der Waals surface area contributed by atoms with Crippen LogP contribution in [0.1, 0.15) is 39.2 Å². The lowest BCUT2D eigenvalue weighted by Gasteiger charge is -2.32. The summed E-state index contributed by atoms with van der Waals surface area (Å²) < 4.78 is 37.4. The third kappa shape index (κ3) is 5.75. The molecule has 0 fully saturated rings. The molecule has 0 saturated carbocycles. The fourth-order valence-corrected chi connectivity index (χ4v) is 6.05. The summed E-state index contributed by atoms with van der Waals surface area (Å²) in [5.41, 5.74) is 2.51. The molecule has 9 heteroatoms. The van der Waals surface area contributed by atoms with Gasteiger partial charge in [0.15, 0.2) is 0 Å². The van der Waals surface area contributed by atoms with E-state index < -0.39 is 21.8 Å². The quantitative estimate of drug-likeness (QED) is 0.516. The largest absolute Gasteiger partial charge is 0.444 e. The molecule has 3 aliphatic rings. The predicted octanol–water partition coefficient (Wildman–Crippen LogP) is 4.69. The first-order chi connectivity index (χ1) is 15.9. The van der Waals surface area contributed by atoms with E-state index in [2.05, 4.69) is 38.7 Å². The van der Waals surface area contributed by atoms with Crippen LogP contribution in [0.5, 0.6) is 0 Å². The minimum absolute atomic E-state index is 0.0393. The fraction of sp³-hybridized carbons (Fsp3) is 0.480. The Bertz CT molecular complexity index is 1150. The molecule has 0 bridgehead atoms. The number of alkyl carbamates (subject to hydrolysis) is 1. The van der Waals surface area contributed by atoms with Gasteiger partial charge in [-0.2, -0.15) is 8.42 Å². The highest BCUT2D eigenvalue weighted by Gasteiger charge is 2.42. The monoisotopic (exact) mass is 550 g/mol. The second-order valence-corrected chi connectivity index (χ2v) is 12.6. The summed E-state index contributed by atoms with van der Waals surface area (Å²) in [6.07, 6.45) is 6.99. The van der Waals surface area contributed by atoms with E-state index in [0.29, 0.717) is 12.8 Å². The zero-order valence-electron chi connectivity index (χ0n) is 19.8. The Labute approximate surface area is 209 Å². The molecule has 2 aliphatic carbocycles. The van der Waals surface area contributed by atoms with Crippen molar-refractivity contribution in [3.63, 3.8) is 0 Å². The van der Waals surface area contributed by atoms with E-state index in [1.54, 1.807) is 24.3 Å². The maximum Gasteiger partial charge on any atom is 0.408 e. The number of allylic oxidation sites excluding steroid dienone is 2. The van der Waals surface area contributed by atoms with Gasteiger partial charge in [0, 0.05) is 16.1 Å². The van der Waals surface area contributed by atoms with Crippen molar-refractivity contribution < 1.29 is 22.1 Å². The number of hydrogen-bond acceptors (Lipinski definition) is 6. The molecule has 0 radical (unpaired) electrons. The molecule has 34 heavy (non-hydrogen) atoms. The molecule has 7 nitrogen and oxygen atoms in total. The minimum Gasteiger partial charge on any atom is -0.444 e. The van der Waals surface area contributed by atoms with Crippen molar-refractivity contribution in [1.82, 2.24) is 10.6 Å². The van der Waals surface area contributed by atoms with E-state index >= 15 is 0 Å². The van der Waals surface area contributed by atoms with Crippen LogP contribution < -0.4 is 10.6 Å². The van der Waals surface area contributed by atoms with Crippen LogP contribution in [0.4, 0.5) is 4.79 Å². The van der Waals surface area contributed by atoms with E-state index in [1.807, 2.05) is 33.8 Å². The normalized spacial score (nSPS) is 26.3. The van der Waals surface area contributed by atoms with Crippen molar-refractivity contribution in [2.45, 2.75) is 63.1 Å². The highest BCUT2D eigenvalue weighted by Crippen LogP contribution is 2.42. The van der Waals surface area contributed by atoms with Crippen molar-refractivity contribution in [1.29, 1.82) is 0 Å². The predicted molar refractivity (Wildman–Crippen MR) is 134 cm³/mol. The van der Waals surface area contributed by atoms with Gasteiger partial charge in [0.1, 0.15) is 5.60 Å². The smallest absolute Gasteiger partial charge is 0.408 e. The molecule has 1 aromatic rings. The van der Waals surface area contributed by atoms with E-state index in [9.17, 15) is 13.2 Å². The molecule has 1 heterocycles. The number of benzene rings is 1. The molecular formula is C25H31BrN2O5S. The van der Waals surface area contributed by atoms with Gasteiger partial charge in [-0.3, -0.25) is 4.18 Å². The standard InChI is InChI=1S/C25H31BrN2O5S/c1-15-5-8-18(9-6-15)34(30,31)32-14-16-11-20-19-13-17(26)7-10-21(19)27-23(20)22(12-16)28-24(29)33-25(2,3)4/h5-10,13,16,19,21-22,27H,11-12,14H2,1-4H3,(H,28,29). The molecule has 1 amide bonds. The molecule has 1 aromatic carbocycles. The van der Waals surface area contributed by atoms with Gasteiger partial charge in [0.25, 0.3) is 10.1 Å². The summed E-state index contributed by atoms with van der Waals surface area (Å²) in [5, 5.41) is 6.55. The Balaban J connectivity index is 1.53. The molecule has 4 unspecified atom stereocenters. The number of carbonyl (C=O) groups is 1. The zero-order chi connectivity index (χ0) is 24.7. The SMILES string of the molecule is Cc1ccc(S(=O)(=O)OCC2CC3=C(NC4C=CC(Br)=CC34)C(NC(=O)OC(C)(C)C)C2)cc1. The minimum atomic E-state index is -3.87. The molecule has 4 rings (SSSR count). The Morgan fingerprint density at radius 3 is 2.62 bits per heavy atom. The van der Waals surface area contributed by atoms with Gasteiger partial charge in [-0.25, -0.2) is 4.79 Å². The third-order valence-electron chi connectivity index (χ3n) is 6.14. The lowest BCUT2D eigenvalue weighted by Crippen LogP contribution is -2.45. The number of fused-ring (bicyclic) bond motifs is 2. The van der Waals surface area contributed by atoms with E-state index in [-0.39, 0.29) is 35.4 Å². The van der Waals surface area contributed by atoms with Gasteiger partial charge in [0.05, 0.1) is 23.6 Å². The van der Waals surface area contributed by atoms with Crippen LogP contribution in [-0.2, 0) is 19.0 Å². The van der Waals surface area contributed by atoms with Gasteiger partial charge in [0.2, 0.25) is 0 Å². The second-order valence-electron chi connectivity index (χ2n) is 10.1. The molecule has 4 atom stereocenters. The maximum atomic E-state index is 12.7. The van der Waals surface area contributed by atoms with Gasteiger partial charge in [-0.15, -0.1) is 0 Å². The van der Waals surface area contributed by atoms with Gasteiger partial charge < -0.3 is 15.4 Å². The van der Waals surface area contributed by atoms with E-state index in [4.69, 9.17) is 8.92 Å². The summed E-state index contributed by atoms with van der Waals surface area (Å²) in [7, 11) is -3.87. The van der Waals surface area contributed by atoms with Crippen molar-refractivity contribution in [2.75, 3.05) is 6.61 Å². The third-order valence-corrected chi connectivity index (χ3v) is 7.97. The van der Waals surface area contributed by atoms with Crippen molar-refractivity contribution in [2.24, 2.45) is 11.8 Å². The van der Waals surface area contributed by atoms with Crippen molar-refractivity contribution in [3.05, 3.63) is 63.8 Å². The van der Waals surface area contributed by atoms with Crippen LogP contribution >= 0.6 is 15.9 Å². The molecule has 1 aliphatic heterocycles. The number of aryl methyl sites for hydroxylation is 1. The summed E-state index contributed by atoms with van der Waals surface area (Å²) >= 11 is 3.56. The van der Waals surface area contributed by atoms with Crippen LogP contribution in [0.15, 0.2) is 63.1 Å². The number of carbonyl (C=O) groups excluding carboxylic acids is 1. The Morgan fingerprint density at radius 1 is 1.24 bits per heavy atom. The first-order valence-electron chi connectivity index (χ1n) is 11.4. The van der Waals surface area contributed by atoms with Crippen LogP contribution in [0.25, 0.3) is 0 Å². The fourth-order valence-electron chi connectivity index (χ4n) is 4.64. The van der Waals surface area contributed by atoms with Crippen LogP contribution in [-0.4, -0.2) is 38.8 Å². The molecule has 0 spiro atoms. The summed E-state index contributed by atoms with van der Waals surface area (Å²) in [4.78, 5) is 12.7. The number of halogens is 1. The lowest BCUT2D eigenvalue weighted by molar-refractivity contribution is 0.0499. The Hall–Kier alpha value is -2.10. The first-order valence-corrected chi connectivity index (χ1v) is 13.6. The van der Waals surface area contributed by atoms with Crippen LogP contribution in [0.3, 0.4) is 0 Å². The maximum absolute atomic E-state index is 12.7. The molecule has 184 valence electrons. The van der Waals surface area contributed by atoms with Crippen molar-refractivity contribution >= 4 is 32.1 Å². The molecular weight excluding hydrogens is 520 g/mol. The van der Waals surface area contributed by atoms with Crippen LogP contribution in [0, 0.1) is 18.8 Å². The first kappa shape index (κ1) is 25.0. The number of hydrogen-bond donors (Lipinski definition) is 2. The summed E-state index contributed by atoms with van der Waals surface area (Å²) in [6, 6.07) is 6.40. The number of ether oxygens (including phenoxy) is 1. The molecule has 0 aromatic heterocycles. The summed E-state index contributed by atoms with van der Waals surface area (Å²) in [5.74, 6) is 0.0476. The molecule has 0 saturated heterocycles.